The van der Waals surface area contributed by atoms with Crippen molar-refractivity contribution >= 4 is 11.8 Å². The zero-order chi connectivity index (χ0) is 15.4. The molecule has 0 unspecified atom stereocenters. The molecular weight excluding hydrogens is 276 g/mol. The van der Waals surface area contributed by atoms with Crippen LogP contribution in [0.1, 0.15) is 59.2 Å². The first-order chi connectivity index (χ1) is 10.8. The predicted molar refractivity (Wildman–Crippen MR) is 85.9 cm³/mol. The maximum atomic E-state index is 12.2. The second kappa shape index (κ2) is 7.05. The highest BCUT2D eigenvalue weighted by atomic mass is 16.2. The number of fused-ring (bicyclic) bond motifs is 1. The average molecular weight is 300 g/mol. The van der Waals surface area contributed by atoms with E-state index < -0.39 is 0 Å². The number of carbonyl (C=O) groups is 2. The molecular formula is C18H24N2O2. The molecule has 118 valence electrons. The Hall–Kier alpha value is -1.68. The summed E-state index contributed by atoms with van der Waals surface area (Å²) in [4.78, 5) is 25.8. The first-order valence-electron chi connectivity index (χ1n) is 8.43. The molecule has 1 aromatic rings. The Kier molecular flexibility index (Phi) is 4.88. The van der Waals surface area contributed by atoms with Crippen LogP contribution in [0.25, 0.3) is 0 Å². The largest absolute Gasteiger partial charge is 0.316 e. The fraction of sp³-hybridized carbons (Fsp3) is 0.556. The van der Waals surface area contributed by atoms with E-state index in [4.69, 9.17) is 0 Å². The lowest BCUT2D eigenvalue weighted by atomic mass is 9.89. The fourth-order valence-electron chi connectivity index (χ4n) is 3.50. The van der Waals surface area contributed by atoms with Crippen molar-refractivity contribution in [3.63, 3.8) is 0 Å². The van der Waals surface area contributed by atoms with Crippen molar-refractivity contribution in [1.82, 2.24) is 10.2 Å². The summed E-state index contributed by atoms with van der Waals surface area (Å²) in [5.41, 5.74) is 1.09. The molecule has 1 aliphatic heterocycles. The number of imide groups is 1. The Morgan fingerprint density at radius 3 is 2.27 bits per heavy atom. The molecule has 0 aromatic heterocycles. The van der Waals surface area contributed by atoms with Crippen LogP contribution in [0, 0.1) is 5.92 Å². The molecule has 0 radical (unpaired) electrons. The molecule has 4 nitrogen and oxygen atoms in total. The van der Waals surface area contributed by atoms with Crippen molar-refractivity contribution in [2.24, 2.45) is 5.92 Å². The van der Waals surface area contributed by atoms with Crippen molar-refractivity contribution < 1.29 is 9.59 Å². The maximum absolute atomic E-state index is 12.2. The van der Waals surface area contributed by atoms with Crippen LogP contribution >= 0.6 is 0 Å². The number of carbonyl (C=O) groups excluding carboxylic acids is 2. The molecule has 3 rings (SSSR count). The number of hydrogen-bond donors (Lipinski definition) is 1. The zero-order valence-corrected chi connectivity index (χ0v) is 13.0. The Bertz CT molecular complexity index is 515. The van der Waals surface area contributed by atoms with Gasteiger partial charge in [-0.15, -0.1) is 0 Å². The lowest BCUT2D eigenvalue weighted by Gasteiger charge is -2.22. The number of rotatable bonds is 6. The predicted octanol–water partition coefficient (Wildman–Crippen LogP) is 2.84. The smallest absolute Gasteiger partial charge is 0.261 e. The average Bonchev–Trinajstić information content (AvgIpc) is 2.81. The second-order valence-electron chi connectivity index (χ2n) is 6.37. The summed E-state index contributed by atoms with van der Waals surface area (Å²) < 4.78 is 0. The number of hydrogen-bond acceptors (Lipinski definition) is 3. The Morgan fingerprint density at radius 2 is 1.64 bits per heavy atom. The van der Waals surface area contributed by atoms with Gasteiger partial charge in [-0.3, -0.25) is 14.5 Å². The third-order valence-electron chi connectivity index (χ3n) is 4.77. The highest BCUT2D eigenvalue weighted by Gasteiger charge is 2.34. The molecule has 1 fully saturated rings. The fourth-order valence-corrected chi connectivity index (χ4v) is 3.50. The maximum Gasteiger partial charge on any atom is 0.261 e. The highest BCUT2D eigenvalue weighted by Crippen LogP contribution is 2.23. The highest BCUT2D eigenvalue weighted by molar-refractivity contribution is 6.21. The molecule has 1 saturated carbocycles. The molecule has 4 heteroatoms. The van der Waals surface area contributed by atoms with E-state index in [-0.39, 0.29) is 11.8 Å². The van der Waals surface area contributed by atoms with E-state index >= 15 is 0 Å². The molecule has 1 heterocycles. The first-order valence-corrected chi connectivity index (χ1v) is 8.43. The van der Waals surface area contributed by atoms with Crippen LogP contribution in [-0.4, -0.2) is 36.3 Å². The van der Waals surface area contributed by atoms with Gasteiger partial charge in [0.15, 0.2) is 0 Å². The van der Waals surface area contributed by atoms with Crippen LogP contribution in [0.3, 0.4) is 0 Å². The number of nitrogens with one attached hydrogen (secondary N) is 1. The van der Waals surface area contributed by atoms with Crippen LogP contribution in [0.2, 0.25) is 0 Å². The van der Waals surface area contributed by atoms with Crippen molar-refractivity contribution in [3.8, 4) is 0 Å². The topological polar surface area (TPSA) is 49.4 Å². The van der Waals surface area contributed by atoms with Gasteiger partial charge in [0.25, 0.3) is 11.8 Å². The van der Waals surface area contributed by atoms with Gasteiger partial charge >= 0.3 is 0 Å². The third-order valence-corrected chi connectivity index (χ3v) is 4.77. The van der Waals surface area contributed by atoms with Gasteiger partial charge in [0.2, 0.25) is 0 Å². The van der Waals surface area contributed by atoms with E-state index in [9.17, 15) is 9.59 Å². The van der Waals surface area contributed by atoms with Gasteiger partial charge in [-0.25, -0.2) is 0 Å². The molecule has 1 aromatic carbocycles. The minimum Gasteiger partial charge on any atom is -0.316 e. The van der Waals surface area contributed by atoms with Gasteiger partial charge in [0.1, 0.15) is 0 Å². The zero-order valence-electron chi connectivity index (χ0n) is 13.0. The summed E-state index contributed by atoms with van der Waals surface area (Å²) in [6.45, 7) is 2.44. The summed E-state index contributed by atoms with van der Waals surface area (Å²) in [5.74, 6) is 0.522. The summed E-state index contributed by atoms with van der Waals surface area (Å²) in [5, 5.41) is 3.48. The van der Waals surface area contributed by atoms with Crippen LogP contribution in [0.15, 0.2) is 24.3 Å². The molecule has 0 spiro atoms. The minimum atomic E-state index is -0.145. The van der Waals surface area contributed by atoms with Crippen LogP contribution in [-0.2, 0) is 0 Å². The van der Waals surface area contributed by atoms with Gasteiger partial charge < -0.3 is 5.32 Å². The van der Waals surface area contributed by atoms with E-state index in [2.05, 4.69) is 5.32 Å². The molecule has 22 heavy (non-hydrogen) atoms. The molecule has 2 aliphatic rings. The lowest BCUT2D eigenvalue weighted by Crippen LogP contribution is -2.33. The summed E-state index contributed by atoms with van der Waals surface area (Å²) in [6, 6.07) is 7.08. The van der Waals surface area contributed by atoms with Gasteiger partial charge in [0, 0.05) is 6.54 Å². The molecule has 0 atom stereocenters. The summed E-state index contributed by atoms with van der Waals surface area (Å²) >= 11 is 0. The van der Waals surface area contributed by atoms with Crippen molar-refractivity contribution in [2.45, 2.75) is 38.5 Å². The summed E-state index contributed by atoms with van der Waals surface area (Å²) in [7, 11) is 0. The minimum absolute atomic E-state index is 0.145. The SMILES string of the molecule is O=C1c2ccccc2C(=O)N1CCCNCC1CCCCC1. The van der Waals surface area contributed by atoms with Gasteiger partial charge in [0.05, 0.1) is 11.1 Å². The lowest BCUT2D eigenvalue weighted by molar-refractivity contribution is 0.0652. The number of amides is 2. The molecule has 1 N–H and O–H groups in total. The van der Waals surface area contributed by atoms with Crippen molar-refractivity contribution in [3.05, 3.63) is 35.4 Å². The van der Waals surface area contributed by atoms with Gasteiger partial charge in [-0.05, 0) is 50.4 Å². The Morgan fingerprint density at radius 1 is 1.00 bits per heavy atom. The van der Waals surface area contributed by atoms with Crippen LogP contribution in [0.4, 0.5) is 0 Å². The number of benzene rings is 1. The Labute approximate surface area is 131 Å². The van der Waals surface area contributed by atoms with Crippen molar-refractivity contribution in [1.29, 1.82) is 0 Å². The molecule has 0 bridgehead atoms. The van der Waals surface area contributed by atoms with E-state index in [1.54, 1.807) is 24.3 Å². The van der Waals surface area contributed by atoms with E-state index in [1.165, 1.54) is 37.0 Å². The molecule has 0 saturated heterocycles. The van der Waals surface area contributed by atoms with Crippen LogP contribution < -0.4 is 5.32 Å². The number of nitrogens with zero attached hydrogens (tertiary/aromatic N) is 1. The third kappa shape index (κ3) is 3.22. The normalized spacial score (nSPS) is 18.8. The van der Waals surface area contributed by atoms with Gasteiger partial charge in [-0.2, -0.15) is 0 Å². The van der Waals surface area contributed by atoms with E-state index in [1.807, 2.05) is 0 Å². The van der Waals surface area contributed by atoms with Crippen LogP contribution in [0.5, 0.6) is 0 Å². The van der Waals surface area contributed by atoms with Crippen molar-refractivity contribution in [2.75, 3.05) is 19.6 Å². The Balaban J connectivity index is 1.41. The molecule has 1 aliphatic carbocycles. The first kappa shape index (κ1) is 15.2. The standard InChI is InChI=1S/C18H24N2O2/c21-17-15-9-4-5-10-16(15)18(22)20(17)12-6-11-19-13-14-7-2-1-3-8-14/h4-5,9-10,14,19H,1-3,6-8,11-13H2. The quantitative estimate of drug-likeness (QED) is 0.649. The van der Waals surface area contributed by atoms with E-state index in [0.717, 1.165) is 25.4 Å². The monoisotopic (exact) mass is 300 g/mol. The second-order valence-corrected chi connectivity index (χ2v) is 6.37. The summed E-state index contributed by atoms with van der Waals surface area (Å²) in [6.07, 6.45) is 7.61. The van der Waals surface area contributed by atoms with Gasteiger partial charge in [-0.1, -0.05) is 31.4 Å². The molecule has 2 amide bonds. The van der Waals surface area contributed by atoms with E-state index in [0.29, 0.717) is 17.7 Å².